The summed E-state index contributed by atoms with van der Waals surface area (Å²) in [6.07, 6.45) is 0. The van der Waals surface area contributed by atoms with E-state index in [4.69, 9.17) is 29.9 Å². The standard InChI is InChI=1S/C49H31N7/c50-32-33-12-10-20-42(30-33)48-54-47(39-26-22-35(23-27-39)34-13-4-1-5-14-34)55-49(56-48)43-21-11-19-41(31-43)36-24-28-40(29-25-36)46-52-44(37-15-6-2-7-16-37)51-45(53-46)38-17-8-3-9-18-38/h1-31H. The monoisotopic (exact) mass is 717 g/mol. The summed E-state index contributed by atoms with van der Waals surface area (Å²) in [5.74, 6) is 3.41. The Morgan fingerprint density at radius 1 is 0.250 bits per heavy atom. The summed E-state index contributed by atoms with van der Waals surface area (Å²) in [5, 5.41) is 9.62. The second-order valence-electron chi connectivity index (χ2n) is 13.1. The van der Waals surface area contributed by atoms with Crippen LogP contribution in [0.15, 0.2) is 188 Å². The Morgan fingerprint density at radius 3 is 0.982 bits per heavy atom. The molecule has 9 aromatic rings. The molecule has 0 aliphatic carbocycles. The third kappa shape index (κ3) is 7.19. The zero-order valence-corrected chi connectivity index (χ0v) is 30.0. The summed E-state index contributed by atoms with van der Waals surface area (Å²) in [5.41, 5.74) is 9.97. The van der Waals surface area contributed by atoms with E-state index in [-0.39, 0.29) is 0 Å². The maximum Gasteiger partial charge on any atom is 0.164 e. The maximum absolute atomic E-state index is 9.62. The van der Waals surface area contributed by atoms with Crippen molar-refractivity contribution in [3.05, 3.63) is 194 Å². The second-order valence-corrected chi connectivity index (χ2v) is 13.1. The normalized spacial score (nSPS) is 10.8. The fraction of sp³-hybridized carbons (Fsp3) is 0. The molecular weight excluding hydrogens is 687 g/mol. The van der Waals surface area contributed by atoms with Crippen molar-refractivity contribution in [2.75, 3.05) is 0 Å². The Kier molecular flexibility index (Phi) is 9.18. The van der Waals surface area contributed by atoms with Gasteiger partial charge in [-0.15, -0.1) is 0 Å². The van der Waals surface area contributed by atoms with Gasteiger partial charge in [-0.3, -0.25) is 0 Å². The highest BCUT2D eigenvalue weighted by atomic mass is 15.0. The van der Waals surface area contributed by atoms with Crippen LogP contribution >= 0.6 is 0 Å². The molecule has 0 spiro atoms. The van der Waals surface area contributed by atoms with Crippen LogP contribution in [-0.2, 0) is 0 Å². The van der Waals surface area contributed by atoms with Gasteiger partial charge in [0.25, 0.3) is 0 Å². The molecule has 0 N–H and O–H groups in total. The summed E-state index contributed by atoms with van der Waals surface area (Å²) in [7, 11) is 0. The SMILES string of the molecule is N#Cc1cccc(-c2nc(-c3ccc(-c4ccccc4)cc3)nc(-c3cccc(-c4ccc(-c5nc(-c6ccccc6)nc(-c6ccccc6)n5)cc4)c3)n2)c1. The third-order valence-electron chi connectivity index (χ3n) is 9.43. The quantitative estimate of drug-likeness (QED) is 0.154. The second kappa shape index (κ2) is 15.2. The van der Waals surface area contributed by atoms with Crippen molar-refractivity contribution in [2.45, 2.75) is 0 Å². The molecule has 0 unspecified atom stereocenters. The van der Waals surface area contributed by atoms with Gasteiger partial charge in [-0.2, -0.15) is 5.26 Å². The van der Waals surface area contributed by atoms with E-state index < -0.39 is 0 Å². The zero-order valence-electron chi connectivity index (χ0n) is 30.0. The lowest BCUT2D eigenvalue weighted by Crippen LogP contribution is -2.00. The summed E-state index contributed by atoms with van der Waals surface area (Å²) in [6.45, 7) is 0. The predicted molar refractivity (Wildman–Crippen MR) is 221 cm³/mol. The van der Waals surface area contributed by atoms with E-state index in [1.54, 1.807) is 12.1 Å². The van der Waals surface area contributed by atoms with Crippen LogP contribution in [-0.4, -0.2) is 29.9 Å². The van der Waals surface area contributed by atoms with Crippen LogP contribution in [0.5, 0.6) is 0 Å². The molecule has 262 valence electrons. The lowest BCUT2D eigenvalue weighted by Gasteiger charge is -2.11. The lowest BCUT2D eigenvalue weighted by molar-refractivity contribution is 1.07. The molecule has 0 saturated carbocycles. The van der Waals surface area contributed by atoms with Crippen LogP contribution in [0, 0.1) is 11.3 Å². The van der Waals surface area contributed by atoms with Gasteiger partial charge in [0, 0.05) is 33.4 Å². The van der Waals surface area contributed by atoms with Gasteiger partial charge in [0.15, 0.2) is 34.9 Å². The fourth-order valence-corrected chi connectivity index (χ4v) is 6.52. The number of rotatable bonds is 8. The van der Waals surface area contributed by atoms with Gasteiger partial charge in [0.1, 0.15) is 0 Å². The molecular formula is C49H31N7. The van der Waals surface area contributed by atoms with Crippen molar-refractivity contribution in [1.29, 1.82) is 5.26 Å². The minimum atomic E-state index is 0.492. The van der Waals surface area contributed by atoms with Gasteiger partial charge in [0.2, 0.25) is 0 Å². The first-order chi connectivity index (χ1) is 27.7. The highest BCUT2D eigenvalue weighted by molar-refractivity contribution is 5.75. The first-order valence-corrected chi connectivity index (χ1v) is 18.2. The highest BCUT2D eigenvalue weighted by Gasteiger charge is 2.15. The van der Waals surface area contributed by atoms with Gasteiger partial charge >= 0.3 is 0 Å². The Labute approximate surface area is 324 Å². The van der Waals surface area contributed by atoms with Crippen molar-refractivity contribution in [3.63, 3.8) is 0 Å². The number of benzene rings is 7. The van der Waals surface area contributed by atoms with E-state index in [9.17, 15) is 5.26 Å². The van der Waals surface area contributed by atoms with E-state index in [0.29, 0.717) is 40.5 Å². The van der Waals surface area contributed by atoms with Gasteiger partial charge in [0.05, 0.1) is 11.6 Å². The summed E-state index contributed by atoms with van der Waals surface area (Å²) in [6, 6.07) is 64.4. The van der Waals surface area contributed by atoms with Gasteiger partial charge in [-0.05, 0) is 40.5 Å². The smallest absolute Gasteiger partial charge is 0.164 e. The molecule has 0 bridgehead atoms. The predicted octanol–water partition coefficient (Wildman–Crippen LogP) is 11.3. The van der Waals surface area contributed by atoms with Crippen molar-refractivity contribution in [1.82, 2.24) is 29.9 Å². The molecule has 9 rings (SSSR count). The Hall–Kier alpha value is -7.95. The maximum atomic E-state index is 9.62. The Morgan fingerprint density at radius 2 is 0.536 bits per heavy atom. The van der Waals surface area contributed by atoms with Crippen LogP contribution in [0.4, 0.5) is 0 Å². The largest absolute Gasteiger partial charge is 0.208 e. The van der Waals surface area contributed by atoms with Crippen molar-refractivity contribution >= 4 is 0 Å². The minimum absolute atomic E-state index is 0.492. The Balaban J connectivity index is 1.07. The van der Waals surface area contributed by atoms with E-state index in [0.717, 1.165) is 55.6 Å². The van der Waals surface area contributed by atoms with Gasteiger partial charge in [-0.1, -0.05) is 170 Å². The van der Waals surface area contributed by atoms with Crippen LogP contribution in [0.25, 0.3) is 90.6 Å². The van der Waals surface area contributed by atoms with Crippen molar-refractivity contribution in [3.8, 4) is 96.7 Å². The van der Waals surface area contributed by atoms with E-state index in [1.165, 1.54) is 0 Å². The molecule has 0 atom stereocenters. The average molecular weight is 718 g/mol. The average Bonchev–Trinajstić information content (AvgIpc) is 3.30. The molecule has 0 saturated heterocycles. The summed E-state index contributed by atoms with van der Waals surface area (Å²) >= 11 is 0. The molecule has 7 aromatic carbocycles. The molecule has 7 nitrogen and oxygen atoms in total. The summed E-state index contributed by atoms with van der Waals surface area (Å²) in [4.78, 5) is 29.4. The molecule has 2 aromatic heterocycles. The van der Waals surface area contributed by atoms with Gasteiger partial charge < -0.3 is 0 Å². The Bertz CT molecular complexity index is 2780. The number of nitriles is 1. The van der Waals surface area contributed by atoms with Crippen LogP contribution in [0.3, 0.4) is 0 Å². The topological polar surface area (TPSA) is 101 Å². The number of hydrogen-bond donors (Lipinski definition) is 0. The third-order valence-corrected chi connectivity index (χ3v) is 9.43. The molecule has 2 heterocycles. The van der Waals surface area contributed by atoms with E-state index >= 15 is 0 Å². The van der Waals surface area contributed by atoms with Crippen LogP contribution in [0.1, 0.15) is 5.56 Å². The molecule has 0 aliphatic rings. The number of hydrogen-bond acceptors (Lipinski definition) is 7. The highest BCUT2D eigenvalue weighted by Crippen LogP contribution is 2.31. The summed E-state index contributed by atoms with van der Waals surface area (Å²) < 4.78 is 0. The zero-order chi connectivity index (χ0) is 37.7. The molecule has 7 heteroatoms. The first-order valence-electron chi connectivity index (χ1n) is 18.2. The van der Waals surface area contributed by atoms with Crippen molar-refractivity contribution in [2.24, 2.45) is 0 Å². The van der Waals surface area contributed by atoms with E-state index in [1.807, 2.05) is 127 Å². The van der Waals surface area contributed by atoms with Crippen LogP contribution in [0.2, 0.25) is 0 Å². The number of aromatic nitrogens is 6. The molecule has 0 aliphatic heterocycles. The van der Waals surface area contributed by atoms with Gasteiger partial charge in [-0.25, -0.2) is 29.9 Å². The van der Waals surface area contributed by atoms with Crippen LogP contribution < -0.4 is 0 Å². The lowest BCUT2D eigenvalue weighted by atomic mass is 10.0. The number of nitrogens with zero attached hydrogens (tertiary/aromatic N) is 7. The molecule has 56 heavy (non-hydrogen) atoms. The van der Waals surface area contributed by atoms with E-state index in [2.05, 4.69) is 54.6 Å². The minimum Gasteiger partial charge on any atom is -0.208 e. The fourth-order valence-electron chi connectivity index (χ4n) is 6.52. The molecule has 0 amide bonds. The first kappa shape index (κ1) is 33.9. The van der Waals surface area contributed by atoms with Crippen molar-refractivity contribution < 1.29 is 0 Å². The molecule has 0 fully saturated rings. The molecule has 0 radical (unpaired) electrons.